The Labute approximate surface area is 175 Å². The topological polar surface area (TPSA) is 40.6 Å². The van der Waals surface area contributed by atoms with Crippen molar-refractivity contribution in [3.05, 3.63) is 60.7 Å². The first-order chi connectivity index (χ1) is 14.2. The van der Waals surface area contributed by atoms with Crippen molar-refractivity contribution in [3.63, 3.8) is 0 Å². The van der Waals surface area contributed by atoms with E-state index in [1.54, 1.807) is 0 Å². The minimum atomic E-state index is 0.190. The standard InChI is InChI=1S/C25H34N2O2/c1-3-26(22-16-10-8-11-17-22)24(28)20-14-6-5-7-15-21-25(29)27(4-2)23-18-12-9-13-19-23/h8-13,16-19H,3-7,14-15,20-21H2,1-2H3. The lowest BCUT2D eigenvalue weighted by Gasteiger charge is -2.21. The molecule has 156 valence electrons. The van der Waals surface area contributed by atoms with Crippen molar-refractivity contribution >= 4 is 23.2 Å². The van der Waals surface area contributed by atoms with Crippen molar-refractivity contribution in [2.75, 3.05) is 22.9 Å². The molecular weight excluding hydrogens is 360 g/mol. The Morgan fingerprint density at radius 3 is 1.28 bits per heavy atom. The Balaban J connectivity index is 1.62. The lowest BCUT2D eigenvalue weighted by molar-refractivity contribution is -0.119. The Hall–Kier alpha value is -2.62. The summed E-state index contributed by atoms with van der Waals surface area (Å²) in [6.07, 6.45) is 6.10. The molecule has 29 heavy (non-hydrogen) atoms. The van der Waals surface area contributed by atoms with E-state index in [-0.39, 0.29) is 11.8 Å². The summed E-state index contributed by atoms with van der Waals surface area (Å²) in [4.78, 5) is 28.6. The van der Waals surface area contributed by atoms with E-state index >= 15 is 0 Å². The van der Waals surface area contributed by atoms with Gasteiger partial charge < -0.3 is 9.80 Å². The zero-order valence-corrected chi connectivity index (χ0v) is 17.8. The maximum Gasteiger partial charge on any atom is 0.226 e. The van der Waals surface area contributed by atoms with E-state index in [2.05, 4.69) is 0 Å². The summed E-state index contributed by atoms with van der Waals surface area (Å²) in [6, 6.07) is 19.7. The second kappa shape index (κ2) is 12.8. The Morgan fingerprint density at radius 1 is 0.586 bits per heavy atom. The van der Waals surface area contributed by atoms with Crippen LogP contribution < -0.4 is 9.80 Å². The van der Waals surface area contributed by atoms with Gasteiger partial charge in [0.05, 0.1) is 0 Å². The van der Waals surface area contributed by atoms with Gasteiger partial charge in [-0.3, -0.25) is 9.59 Å². The molecule has 0 heterocycles. The van der Waals surface area contributed by atoms with Crippen LogP contribution >= 0.6 is 0 Å². The molecule has 2 aromatic carbocycles. The summed E-state index contributed by atoms with van der Waals surface area (Å²) in [5.41, 5.74) is 1.94. The molecule has 0 atom stereocenters. The summed E-state index contributed by atoms with van der Waals surface area (Å²) in [5.74, 6) is 0.380. The average Bonchev–Trinajstić information content (AvgIpc) is 2.75. The zero-order valence-electron chi connectivity index (χ0n) is 17.8. The maximum absolute atomic E-state index is 12.5. The molecule has 0 unspecified atom stereocenters. The Kier molecular flexibility index (Phi) is 9.98. The summed E-state index contributed by atoms with van der Waals surface area (Å²) < 4.78 is 0. The highest BCUT2D eigenvalue weighted by Crippen LogP contribution is 2.17. The molecule has 0 aliphatic carbocycles. The fourth-order valence-corrected chi connectivity index (χ4v) is 3.57. The Bertz CT molecular complexity index is 668. The van der Waals surface area contributed by atoms with Crippen molar-refractivity contribution < 1.29 is 9.59 Å². The number of unbranched alkanes of at least 4 members (excludes halogenated alkanes) is 4. The first-order valence-electron chi connectivity index (χ1n) is 10.9. The summed E-state index contributed by atoms with van der Waals surface area (Å²) in [7, 11) is 0. The van der Waals surface area contributed by atoms with Crippen molar-refractivity contribution in [1.29, 1.82) is 0 Å². The highest BCUT2D eigenvalue weighted by atomic mass is 16.2. The molecule has 0 aliphatic heterocycles. The number of amides is 2. The van der Waals surface area contributed by atoms with Crippen LogP contribution in [0.3, 0.4) is 0 Å². The SMILES string of the molecule is CCN(C(=O)CCCCCCCC(=O)N(CC)c1ccccc1)c1ccccc1. The minimum absolute atomic E-state index is 0.190. The van der Waals surface area contributed by atoms with Crippen LogP contribution in [0.15, 0.2) is 60.7 Å². The smallest absolute Gasteiger partial charge is 0.226 e. The molecule has 0 N–H and O–H groups in total. The molecule has 2 aromatic rings. The minimum Gasteiger partial charge on any atom is -0.313 e. The number of carbonyl (C=O) groups is 2. The summed E-state index contributed by atoms with van der Waals surface area (Å²) >= 11 is 0. The third kappa shape index (κ3) is 7.37. The number of rotatable bonds is 12. The third-order valence-corrected chi connectivity index (χ3v) is 5.15. The van der Waals surface area contributed by atoms with Gasteiger partial charge in [-0.2, -0.15) is 0 Å². The second-order valence-corrected chi connectivity index (χ2v) is 7.21. The highest BCUT2D eigenvalue weighted by molar-refractivity contribution is 5.93. The van der Waals surface area contributed by atoms with E-state index in [0.717, 1.165) is 43.5 Å². The molecule has 2 amide bonds. The van der Waals surface area contributed by atoms with E-state index in [9.17, 15) is 9.59 Å². The van der Waals surface area contributed by atoms with Gasteiger partial charge >= 0.3 is 0 Å². The molecule has 0 aromatic heterocycles. The lowest BCUT2D eigenvalue weighted by atomic mass is 10.1. The molecule has 0 fully saturated rings. The number of nitrogens with zero attached hydrogens (tertiary/aromatic N) is 2. The van der Waals surface area contributed by atoms with E-state index in [1.165, 1.54) is 0 Å². The van der Waals surface area contributed by atoms with Gasteiger partial charge in [0.25, 0.3) is 0 Å². The maximum atomic E-state index is 12.5. The van der Waals surface area contributed by atoms with E-state index < -0.39 is 0 Å². The second-order valence-electron chi connectivity index (χ2n) is 7.21. The van der Waals surface area contributed by atoms with Gasteiger partial charge in [0, 0.05) is 37.3 Å². The first kappa shape index (κ1) is 22.7. The van der Waals surface area contributed by atoms with Crippen molar-refractivity contribution in [1.82, 2.24) is 0 Å². The monoisotopic (exact) mass is 394 g/mol. The van der Waals surface area contributed by atoms with Crippen molar-refractivity contribution in [3.8, 4) is 0 Å². The number of benzene rings is 2. The fraction of sp³-hybridized carbons (Fsp3) is 0.440. The molecule has 4 nitrogen and oxygen atoms in total. The molecule has 0 saturated carbocycles. The van der Waals surface area contributed by atoms with Gasteiger partial charge in [-0.15, -0.1) is 0 Å². The first-order valence-corrected chi connectivity index (χ1v) is 10.9. The molecule has 0 bridgehead atoms. The van der Waals surface area contributed by atoms with Gasteiger partial charge in [-0.25, -0.2) is 0 Å². The zero-order chi connectivity index (χ0) is 20.9. The highest BCUT2D eigenvalue weighted by Gasteiger charge is 2.14. The lowest BCUT2D eigenvalue weighted by Crippen LogP contribution is -2.30. The normalized spacial score (nSPS) is 10.6. The number of hydrogen-bond acceptors (Lipinski definition) is 2. The van der Waals surface area contributed by atoms with Crippen molar-refractivity contribution in [2.45, 2.75) is 58.8 Å². The van der Waals surface area contributed by atoms with Crippen LogP contribution in [0.25, 0.3) is 0 Å². The third-order valence-electron chi connectivity index (χ3n) is 5.15. The number of anilines is 2. The quantitative estimate of drug-likeness (QED) is 0.425. The van der Waals surface area contributed by atoms with Crippen LogP contribution in [0.5, 0.6) is 0 Å². The largest absolute Gasteiger partial charge is 0.313 e. The molecule has 2 rings (SSSR count). The molecule has 0 saturated heterocycles. The van der Waals surface area contributed by atoms with Crippen LogP contribution in [0.2, 0.25) is 0 Å². The average molecular weight is 395 g/mol. The van der Waals surface area contributed by atoms with Gasteiger partial charge in [0.1, 0.15) is 0 Å². The predicted molar refractivity (Wildman–Crippen MR) is 121 cm³/mol. The van der Waals surface area contributed by atoms with E-state index in [1.807, 2.05) is 84.3 Å². The van der Waals surface area contributed by atoms with Crippen LogP contribution in [0.1, 0.15) is 58.8 Å². The van der Waals surface area contributed by atoms with Crippen LogP contribution in [-0.2, 0) is 9.59 Å². The van der Waals surface area contributed by atoms with Crippen LogP contribution in [0, 0.1) is 0 Å². The Morgan fingerprint density at radius 2 is 0.931 bits per heavy atom. The molecule has 4 heteroatoms. The van der Waals surface area contributed by atoms with Gasteiger partial charge in [-0.05, 0) is 51.0 Å². The van der Waals surface area contributed by atoms with Crippen molar-refractivity contribution in [2.24, 2.45) is 0 Å². The van der Waals surface area contributed by atoms with Gasteiger partial charge in [0.15, 0.2) is 0 Å². The van der Waals surface area contributed by atoms with Gasteiger partial charge in [-0.1, -0.05) is 55.7 Å². The molecule has 0 aliphatic rings. The number of para-hydroxylation sites is 2. The molecular formula is C25H34N2O2. The molecule has 0 spiro atoms. The van der Waals surface area contributed by atoms with Crippen LogP contribution in [-0.4, -0.2) is 24.9 Å². The number of hydrogen-bond donors (Lipinski definition) is 0. The molecule has 0 radical (unpaired) electrons. The fourth-order valence-electron chi connectivity index (χ4n) is 3.57. The number of carbonyl (C=O) groups excluding carboxylic acids is 2. The van der Waals surface area contributed by atoms with E-state index in [4.69, 9.17) is 0 Å². The summed E-state index contributed by atoms with van der Waals surface area (Å²) in [5, 5.41) is 0. The van der Waals surface area contributed by atoms with Crippen LogP contribution in [0.4, 0.5) is 11.4 Å². The predicted octanol–water partition coefficient (Wildman–Crippen LogP) is 5.82. The van der Waals surface area contributed by atoms with Gasteiger partial charge in [0.2, 0.25) is 11.8 Å². The van der Waals surface area contributed by atoms with E-state index in [0.29, 0.717) is 25.9 Å². The summed E-state index contributed by atoms with van der Waals surface area (Å²) in [6.45, 7) is 5.41.